The molecule has 0 atom stereocenters. The largest absolute Gasteiger partial charge is 0.356 e. The smallest absolute Gasteiger partial charge is 0.183 e. The lowest BCUT2D eigenvalue weighted by Gasteiger charge is -1.99. The van der Waals surface area contributed by atoms with Crippen LogP contribution in [0, 0.1) is 0 Å². The molecule has 0 radical (unpaired) electrons. The standard InChI is InChI=1S/C10H12N4S/c1-2-8-7-15-10(13-8)11-6-9-4-3-5-12-14-9/h3-5,7H,2,6H2,1H3,(H,11,13). The highest BCUT2D eigenvalue weighted by Gasteiger charge is 2.00. The Balaban J connectivity index is 1.93. The van der Waals surface area contributed by atoms with Crippen molar-refractivity contribution in [1.29, 1.82) is 0 Å². The van der Waals surface area contributed by atoms with Gasteiger partial charge in [-0.1, -0.05) is 6.92 Å². The molecule has 15 heavy (non-hydrogen) atoms. The molecule has 0 aliphatic heterocycles. The molecule has 0 unspecified atom stereocenters. The average molecular weight is 220 g/mol. The summed E-state index contributed by atoms with van der Waals surface area (Å²) in [7, 11) is 0. The number of hydrogen-bond acceptors (Lipinski definition) is 5. The van der Waals surface area contributed by atoms with Crippen LogP contribution in [-0.4, -0.2) is 15.2 Å². The molecule has 0 saturated heterocycles. The number of anilines is 1. The van der Waals surface area contributed by atoms with E-state index >= 15 is 0 Å². The number of hydrogen-bond donors (Lipinski definition) is 1. The molecule has 2 aromatic heterocycles. The van der Waals surface area contributed by atoms with Gasteiger partial charge in [0.05, 0.1) is 17.9 Å². The van der Waals surface area contributed by atoms with Crippen molar-refractivity contribution in [3.8, 4) is 0 Å². The molecule has 4 nitrogen and oxygen atoms in total. The Hall–Kier alpha value is -1.49. The monoisotopic (exact) mass is 220 g/mol. The third-order valence-corrected chi connectivity index (χ3v) is 2.81. The minimum Gasteiger partial charge on any atom is -0.356 e. The van der Waals surface area contributed by atoms with Crippen molar-refractivity contribution in [3.05, 3.63) is 35.1 Å². The Labute approximate surface area is 92.4 Å². The molecule has 0 spiro atoms. The van der Waals surface area contributed by atoms with Gasteiger partial charge in [-0.15, -0.1) is 11.3 Å². The van der Waals surface area contributed by atoms with Gasteiger partial charge in [0.2, 0.25) is 0 Å². The van der Waals surface area contributed by atoms with Crippen molar-refractivity contribution in [1.82, 2.24) is 15.2 Å². The molecule has 78 valence electrons. The molecule has 5 heteroatoms. The van der Waals surface area contributed by atoms with E-state index in [2.05, 4.69) is 32.8 Å². The molecule has 0 aliphatic carbocycles. The van der Waals surface area contributed by atoms with E-state index in [1.807, 2.05) is 12.1 Å². The van der Waals surface area contributed by atoms with Gasteiger partial charge in [-0.3, -0.25) is 0 Å². The molecule has 2 heterocycles. The maximum atomic E-state index is 4.40. The second-order valence-electron chi connectivity index (χ2n) is 3.07. The lowest BCUT2D eigenvalue weighted by Crippen LogP contribution is -2.01. The van der Waals surface area contributed by atoms with Crippen LogP contribution >= 0.6 is 11.3 Å². The molecule has 0 aromatic carbocycles. The molecule has 0 amide bonds. The van der Waals surface area contributed by atoms with Gasteiger partial charge in [-0.25, -0.2) is 4.98 Å². The molecule has 1 N–H and O–H groups in total. The van der Waals surface area contributed by atoms with Gasteiger partial charge < -0.3 is 5.32 Å². The molecule has 0 bridgehead atoms. The van der Waals surface area contributed by atoms with E-state index in [9.17, 15) is 0 Å². The fraction of sp³-hybridized carbons (Fsp3) is 0.300. The van der Waals surface area contributed by atoms with Crippen molar-refractivity contribution < 1.29 is 0 Å². The van der Waals surface area contributed by atoms with Crippen LogP contribution in [0.1, 0.15) is 18.3 Å². The Kier molecular flexibility index (Phi) is 3.24. The van der Waals surface area contributed by atoms with Crippen molar-refractivity contribution in [2.45, 2.75) is 19.9 Å². The lowest BCUT2D eigenvalue weighted by molar-refractivity contribution is 0.921. The van der Waals surface area contributed by atoms with E-state index < -0.39 is 0 Å². The van der Waals surface area contributed by atoms with Crippen LogP contribution in [0.4, 0.5) is 5.13 Å². The first kappa shape index (κ1) is 10.0. The first-order valence-corrected chi connectivity index (χ1v) is 5.71. The summed E-state index contributed by atoms with van der Waals surface area (Å²) in [6.07, 6.45) is 2.64. The molecular formula is C10H12N4S. The summed E-state index contributed by atoms with van der Waals surface area (Å²) in [5, 5.41) is 14.0. The van der Waals surface area contributed by atoms with E-state index in [1.165, 1.54) is 0 Å². The highest BCUT2D eigenvalue weighted by molar-refractivity contribution is 7.13. The number of aromatic nitrogens is 3. The van der Waals surface area contributed by atoms with Gasteiger partial charge in [-0.05, 0) is 18.6 Å². The maximum absolute atomic E-state index is 4.40. The van der Waals surface area contributed by atoms with E-state index in [-0.39, 0.29) is 0 Å². The van der Waals surface area contributed by atoms with Crippen LogP contribution in [-0.2, 0) is 13.0 Å². The Bertz CT molecular complexity index is 412. The number of nitrogens with one attached hydrogen (secondary N) is 1. The van der Waals surface area contributed by atoms with Crippen LogP contribution in [0.3, 0.4) is 0 Å². The third kappa shape index (κ3) is 2.73. The van der Waals surface area contributed by atoms with E-state index in [4.69, 9.17) is 0 Å². The number of nitrogens with zero attached hydrogens (tertiary/aromatic N) is 3. The van der Waals surface area contributed by atoms with Crippen LogP contribution in [0.2, 0.25) is 0 Å². The highest BCUT2D eigenvalue weighted by Crippen LogP contribution is 2.15. The molecule has 2 aromatic rings. The minimum atomic E-state index is 0.671. The highest BCUT2D eigenvalue weighted by atomic mass is 32.1. The zero-order valence-electron chi connectivity index (χ0n) is 8.47. The van der Waals surface area contributed by atoms with E-state index in [1.54, 1.807) is 17.5 Å². The molecular weight excluding hydrogens is 208 g/mol. The normalized spacial score (nSPS) is 10.2. The van der Waals surface area contributed by atoms with Gasteiger partial charge in [0.15, 0.2) is 5.13 Å². The summed E-state index contributed by atoms with van der Waals surface area (Å²) in [6, 6.07) is 3.82. The Morgan fingerprint density at radius 1 is 1.40 bits per heavy atom. The summed E-state index contributed by atoms with van der Waals surface area (Å²) in [5.74, 6) is 0. The van der Waals surface area contributed by atoms with Crippen molar-refractivity contribution in [2.24, 2.45) is 0 Å². The van der Waals surface area contributed by atoms with Crippen molar-refractivity contribution in [3.63, 3.8) is 0 Å². The van der Waals surface area contributed by atoms with Gasteiger partial charge >= 0.3 is 0 Å². The predicted octanol–water partition coefficient (Wildman–Crippen LogP) is 2.11. The van der Waals surface area contributed by atoms with Crippen LogP contribution in [0.5, 0.6) is 0 Å². The van der Waals surface area contributed by atoms with E-state index in [0.717, 1.165) is 22.9 Å². The predicted molar refractivity (Wildman–Crippen MR) is 60.9 cm³/mol. The zero-order valence-corrected chi connectivity index (χ0v) is 9.29. The molecule has 0 aliphatic rings. The molecule has 2 rings (SSSR count). The summed E-state index contributed by atoms with van der Waals surface area (Å²) in [5.41, 5.74) is 2.05. The number of thiazole rings is 1. The van der Waals surface area contributed by atoms with Gasteiger partial charge in [0.1, 0.15) is 0 Å². The quantitative estimate of drug-likeness (QED) is 0.857. The second kappa shape index (κ2) is 4.84. The summed E-state index contributed by atoms with van der Waals surface area (Å²) in [4.78, 5) is 4.40. The molecule has 0 saturated carbocycles. The van der Waals surface area contributed by atoms with Crippen LogP contribution in [0.25, 0.3) is 0 Å². The average Bonchev–Trinajstić information content (AvgIpc) is 2.76. The summed E-state index contributed by atoms with van der Waals surface area (Å²) >= 11 is 1.62. The van der Waals surface area contributed by atoms with Crippen molar-refractivity contribution in [2.75, 3.05) is 5.32 Å². The van der Waals surface area contributed by atoms with E-state index in [0.29, 0.717) is 6.54 Å². The Morgan fingerprint density at radius 3 is 3.00 bits per heavy atom. The topological polar surface area (TPSA) is 50.7 Å². The van der Waals surface area contributed by atoms with Gasteiger partial charge in [0.25, 0.3) is 0 Å². The third-order valence-electron chi connectivity index (χ3n) is 1.96. The van der Waals surface area contributed by atoms with Crippen LogP contribution in [0.15, 0.2) is 23.7 Å². The summed E-state index contributed by atoms with van der Waals surface area (Å²) in [6.45, 7) is 2.77. The second-order valence-corrected chi connectivity index (χ2v) is 3.92. The van der Waals surface area contributed by atoms with Gasteiger partial charge in [0, 0.05) is 11.6 Å². The number of aryl methyl sites for hydroxylation is 1. The first-order valence-electron chi connectivity index (χ1n) is 4.83. The first-order chi connectivity index (χ1) is 7.38. The molecule has 0 fully saturated rings. The van der Waals surface area contributed by atoms with Crippen LogP contribution < -0.4 is 5.32 Å². The SMILES string of the molecule is CCc1csc(NCc2cccnn2)n1. The number of rotatable bonds is 4. The maximum Gasteiger partial charge on any atom is 0.183 e. The lowest BCUT2D eigenvalue weighted by atomic mass is 10.4. The van der Waals surface area contributed by atoms with Gasteiger partial charge in [-0.2, -0.15) is 10.2 Å². The fourth-order valence-corrected chi connectivity index (χ4v) is 1.94. The summed E-state index contributed by atoms with van der Waals surface area (Å²) < 4.78 is 0. The minimum absolute atomic E-state index is 0.671. The van der Waals surface area contributed by atoms with Crippen molar-refractivity contribution >= 4 is 16.5 Å². The fourth-order valence-electron chi connectivity index (χ4n) is 1.14. The zero-order chi connectivity index (χ0) is 10.5. The Morgan fingerprint density at radius 2 is 2.33 bits per heavy atom.